The lowest BCUT2D eigenvalue weighted by Gasteiger charge is -2.16. The van der Waals surface area contributed by atoms with Crippen LogP contribution in [0.3, 0.4) is 0 Å². The highest BCUT2D eigenvalue weighted by Gasteiger charge is 2.17. The minimum atomic E-state index is -0.00394. The van der Waals surface area contributed by atoms with E-state index in [4.69, 9.17) is 16.6 Å². The Hall–Kier alpha value is -1.39. The minimum absolute atomic E-state index is 0.00394. The van der Waals surface area contributed by atoms with Gasteiger partial charge in [-0.2, -0.15) is 0 Å². The van der Waals surface area contributed by atoms with E-state index in [-0.39, 0.29) is 11.6 Å². The molecular formula is C16H23ClN3O+. The lowest BCUT2D eigenvalue weighted by Crippen LogP contribution is -2.85. The van der Waals surface area contributed by atoms with Gasteiger partial charge < -0.3 is 5.32 Å². The number of benzene rings is 1. The molecule has 2 aromatic rings. The number of unbranched alkanes of at least 4 members (excludes halogenated alkanes) is 1. The van der Waals surface area contributed by atoms with Gasteiger partial charge >= 0.3 is 0 Å². The zero-order valence-corrected chi connectivity index (χ0v) is 13.7. The van der Waals surface area contributed by atoms with Crippen molar-refractivity contribution in [3.63, 3.8) is 0 Å². The van der Waals surface area contributed by atoms with Crippen molar-refractivity contribution in [2.45, 2.75) is 46.2 Å². The van der Waals surface area contributed by atoms with Crippen LogP contribution in [0.2, 0.25) is 5.02 Å². The van der Waals surface area contributed by atoms with E-state index in [0.29, 0.717) is 17.0 Å². The molecule has 0 aliphatic heterocycles. The van der Waals surface area contributed by atoms with Crippen molar-refractivity contribution in [3.05, 3.63) is 39.4 Å². The summed E-state index contributed by atoms with van der Waals surface area (Å²) >= 11 is 5.99. The monoisotopic (exact) mass is 308 g/mol. The van der Waals surface area contributed by atoms with Gasteiger partial charge in [0, 0.05) is 11.6 Å². The summed E-state index contributed by atoms with van der Waals surface area (Å²) in [4.78, 5) is 17.3. The molecule has 4 nitrogen and oxygen atoms in total. The highest BCUT2D eigenvalue weighted by Crippen LogP contribution is 2.16. The number of nitrogens with zero attached hydrogens (tertiary/aromatic N) is 2. The maximum atomic E-state index is 12.6. The molecule has 0 bridgehead atoms. The Morgan fingerprint density at radius 1 is 1.38 bits per heavy atom. The van der Waals surface area contributed by atoms with Crippen LogP contribution >= 0.6 is 11.6 Å². The molecule has 1 aromatic carbocycles. The number of aromatic nitrogens is 2. The first kappa shape index (κ1) is 16.0. The maximum absolute atomic E-state index is 12.6. The molecule has 1 aromatic heterocycles. The number of halogens is 1. The van der Waals surface area contributed by atoms with Gasteiger partial charge in [-0.25, -0.2) is 4.98 Å². The molecule has 5 heteroatoms. The molecule has 0 saturated heterocycles. The lowest BCUT2D eigenvalue weighted by molar-refractivity contribution is -0.694. The van der Waals surface area contributed by atoms with Crippen molar-refractivity contribution in [3.8, 4) is 0 Å². The Bertz CT molecular complexity index is 681. The molecule has 0 saturated carbocycles. The number of hydrogen-bond donors (Lipinski definition) is 1. The molecule has 2 rings (SSSR count). The van der Waals surface area contributed by atoms with Crippen LogP contribution in [0.25, 0.3) is 10.9 Å². The predicted molar refractivity (Wildman–Crippen MR) is 86.8 cm³/mol. The van der Waals surface area contributed by atoms with E-state index in [0.717, 1.165) is 17.9 Å². The van der Waals surface area contributed by atoms with Gasteiger partial charge in [0.05, 0.1) is 17.4 Å². The number of hydrogen-bond acceptors (Lipinski definition) is 2. The first-order chi connectivity index (χ1) is 10.1. The minimum Gasteiger partial charge on any atom is -0.338 e. The fourth-order valence-corrected chi connectivity index (χ4v) is 2.71. The number of nitrogens with two attached hydrogens (primary N) is 1. The molecule has 0 fully saturated rings. The second-order valence-electron chi connectivity index (χ2n) is 5.35. The average molecular weight is 309 g/mol. The van der Waals surface area contributed by atoms with E-state index < -0.39 is 0 Å². The summed E-state index contributed by atoms with van der Waals surface area (Å²) in [5, 5.41) is 3.41. The van der Waals surface area contributed by atoms with Crippen molar-refractivity contribution >= 4 is 22.5 Å². The quantitative estimate of drug-likeness (QED) is 0.834. The molecule has 0 radical (unpaired) electrons. The fourth-order valence-electron chi connectivity index (χ4n) is 2.54. The van der Waals surface area contributed by atoms with Gasteiger partial charge in [-0.3, -0.25) is 9.36 Å². The zero-order chi connectivity index (χ0) is 15.4. The fraction of sp³-hybridized carbons (Fsp3) is 0.500. The van der Waals surface area contributed by atoms with Crippen LogP contribution in [0.5, 0.6) is 0 Å². The summed E-state index contributed by atoms with van der Waals surface area (Å²) in [5.41, 5.74) is 0.718. The molecule has 0 aliphatic carbocycles. The molecular weight excluding hydrogens is 286 g/mol. The van der Waals surface area contributed by atoms with Gasteiger partial charge in [0.25, 0.3) is 5.56 Å². The number of fused-ring (bicyclic) bond motifs is 1. The Labute approximate surface area is 130 Å². The summed E-state index contributed by atoms with van der Waals surface area (Å²) in [7, 11) is 0. The highest BCUT2D eigenvalue weighted by molar-refractivity contribution is 6.31. The van der Waals surface area contributed by atoms with E-state index in [1.54, 1.807) is 16.7 Å². The first-order valence-corrected chi connectivity index (χ1v) is 7.99. The van der Waals surface area contributed by atoms with Crippen LogP contribution in [0.15, 0.2) is 23.0 Å². The molecule has 114 valence electrons. The predicted octanol–water partition coefficient (Wildman–Crippen LogP) is 2.49. The Morgan fingerprint density at radius 3 is 2.81 bits per heavy atom. The Balaban J connectivity index is 2.48. The Kier molecular flexibility index (Phi) is 5.37. The molecule has 0 amide bonds. The molecule has 0 aliphatic rings. The first-order valence-electron chi connectivity index (χ1n) is 7.61. The summed E-state index contributed by atoms with van der Waals surface area (Å²) < 4.78 is 1.76. The molecule has 0 unspecified atom stereocenters. The third-order valence-corrected chi connectivity index (χ3v) is 3.98. The van der Waals surface area contributed by atoms with Crippen molar-refractivity contribution in [1.29, 1.82) is 0 Å². The Morgan fingerprint density at radius 2 is 2.14 bits per heavy atom. The second kappa shape index (κ2) is 7.05. The van der Waals surface area contributed by atoms with Gasteiger partial charge in [-0.1, -0.05) is 24.9 Å². The van der Waals surface area contributed by atoms with Crippen molar-refractivity contribution in [2.24, 2.45) is 0 Å². The highest BCUT2D eigenvalue weighted by atomic mass is 35.5. The molecule has 21 heavy (non-hydrogen) atoms. The van der Waals surface area contributed by atoms with Crippen LogP contribution in [-0.4, -0.2) is 16.1 Å². The van der Waals surface area contributed by atoms with Crippen LogP contribution in [0, 0.1) is 0 Å². The largest absolute Gasteiger partial charge is 0.338 e. The summed E-state index contributed by atoms with van der Waals surface area (Å²) in [6.07, 6.45) is 2.34. The van der Waals surface area contributed by atoms with E-state index in [9.17, 15) is 4.79 Å². The van der Waals surface area contributed by atoms with Crippen LogP contribution in [-0.2, 0) is 6.54 Å². The number of rotatable bonds is 6. The van der Waals surface area contributed by atoms with Gasteiger partial charge in [0.2, 0.25) is 0 Å². The standard InChI is InChI=1S/C16H22ClN3O/c1-4-6-9-18-11(3)15-19-14-8-7-12(17)10-13(14)16(21)20(15)5-2/h7-8,10-11,18H,4-6,9H2,1-3H3/p+1/t11-/m0/s1. The third kappa shape index (κ3) is 3.44. The van der Waals surface area contributed by atoms with Crippen LogP contribution < -0.4 is 10.9 Å². The summed E-state index contributed by atoms with van der Waals surface area (Å²) in [6.45, 7) is 7.93. The second-order valence-corrected chi connectivity index (χ2v) is 5.78. The maximum Gasteiger partial charge on any atom is 0.261 e. The summed E-state index contributed by atoms with van der Waals surface area (Å²) in [5.74, 6) is 0.841. The normalized spacial score (nSPS) is 12.8. The molecule has 1 atom stereocenters. The van der Waals surface area contributed by atoms with Crippen molar-refractivity contribution < 1.29 is 5.32 Å². The molecule has 2 N–H and O–H groups in total. The zero-order valence-electron chi connectivity index (χ0n) is 12.9. The number of quaternary nitrogens is 1. The molecule has 1 heterocycles. The van der Waals surface area contributed by atoms with Crippen LogP contribution in [0.4, 0.5) is 0 Å². The SMILES string of the molecule is CCCC[NH2+][C@@H](C)c1nc2ccc(Cl)cc2c(=O)n1CC. The van der Waals surface area contributed by atoms with Crippen molar-refractivity contribution in [1.82, 2.24) is 9.55 Å². The van der Waals surface area contributed by atoms with E-state index in [1.807, 2.05) is 13.0 Å². The van der Waals surface area contributed by atoms with Gasteiger partial charge in [-0.05, 0) is 38.5 Å². The smallest absolute Gasteiger partial charge is 0.261 e. The van der Waals surface area contributed by atoms with E-state index in [1.165, 1.54) is 12.8 Å². The summed E-state index contributed by atoms with van der Waals surface area (Å²) in [6, 6.07) is 5.47. The van der Waals surface area contributed by atoms with Gasteiger partial charge in [-0.15, -0.1) is 0 Å². The van der Waals surface area contributed by atoms with Gasteiger partial charge in [0.1, 0.15) is 6.04 Å². The van der Waals surface area contributed by atoms with Crippen LogP contribution in [0.1, 0.15) is 45.5 Å². The molecule has 0 spiro atoms. The van der Waals surface area contributed by atoms with E-state index in [2.05, 4.69) is 19.2 Å². The van der Waals surface area contributed by atoms with Crippen molar-refractivity contribution in [2.75, 3.05) is 6.54 Å². The lowest BCUT2D eigenvalue weighted by atomic mass is 10.2. The third-order valence-electron chi connectivity index (χ3n) is 3.75. The van der Waals surface area contributed by atoms with E-state index >= 15 is 0 Å². The topological polar surface area (TPSA) is 51.5 Å². The average Bonchev–Trinajstić information content (AvgIpc) is 2.48. The van der Waals surface area contributed by atoms with Gasteiger partial charge in [0.15, 0.2) is 5.82 Å².